The maximum Gasteiger partial charge on any atom is 0.187 e. The van der Waals surface area contributed by atoms with Crippen molar-refractivity contribution in [3.05, 3.63) is 22.5 Å². The highest BCUT2D eigenvalue weighted by Crippen LogP contribution is 2.36. The van der Waals surface area contributed by atoms with Gasteiger partial charge in [-0.1, -0.05) is 11.6 Å². The normalized spacial score (nSPS) is 10.2. The maximum atomic E-state index is 13.7. The van der Waals surface area contributed by atoms with E-state index in [-0.39, 0.29) is 10.8 Å². The van der Waals surface area contributed by atoms with Gasteiger partial charge in [-0.2, -0.15) is 0 Å². The van der Waals surface area contributed by atoms with Crippen LogP contribution in [0.1, 0.15) is 5.56 Å². The first kappa shape index (κ1) is 12.1. The van der Waals surface area contributed by atoms with Crippen molar-refractivity contribution in [2.75, 3.05) is 20.8 Å². The fourth-order valence-electron chi connectivity index (χ4n) is 1.35. The molecule has 0 aliphatic heterocycles. The first-order chi connectivity index (χ1) is 7.15. The summed E-state index contributed by atoms with van der Waals surface area (Å²) < 4.78 is 23.5. The molecule has 84 valence electrons. The molecule has 3 nitrogen and oxygen atoms in total. The van der Waals surface area contributed by atoms with E-state index in [9.17, 15) is 4.39 Å². The number of ether oxygens (including phenoxy) is 2. The van der Waals surface area contributed by atoms with Gasteiger partial charge in [0.25, 0.3) is 0 Å². The zero-order valence-electron chi connectivity index (χ0n) is 8.64. The predicted octanol–water partition coefficient (Wildman–Crippen LogP) is 2.00. The van der Waals surface area contributed by atoms with E-state index >= 15 is 0 Å². The third-order valence-electron chi connectivity index (χ3n) is 2.04. The van der Waals surface area contributed by atoms with Gasteiger partial charge in [0.1, 0.15) is 10.8 Å². The number of methoxy groups -OCH3 is 2. The van der Waals surface area contributed by atoms with Crippen molar-refractivity contribution in [1.82, 2.24) is 0 Å². The summed E-state index contributed by atoms with van der Waals surface area (Å²) in [5.41, 5.74) is 6.06. The Bertz CT molecular complexity index is 358. The van der Waals surface area contributed by atoms with Gasteiger partial charge in [0.2, 0.25) is 0 Å². The quantitative estimate of drug-likeness (QED) is 0.865. The van der Waals surface area contributed by atoms with Gasteiger partial charge >= 0.3 is 0 Å². The van der Waals surface area contributed by atoms with E-state index in [1.807, 2.05) is 0 Å². The molecular weight excluding hydrogens is 221 g/mol. The van der Waals surface area contributed by atoms with Crippen LogP contribution in [0.25, 0.3) is 0 Å². The summed E-state index contributed by atoms with van der Waals surface area (Å²) in [5.74, 6) is -0.188. The fourth-order valence-corrected chi connectivity index (χ4v) is 1.56. The number of halogens is 2. The number of nitrogens with two attached hydrogens (primary N) is 1. The molecule has 1 aromatic carbocycles. The summed E-state index contributed by atoms with van der Waals surface area (Å²) in [6.07, 6.45) is 0.508. The molecule has 1 aromatic rings. The van der Waals surface area contributed by atoms with Crippen molar-refractivity contribution >= 4 is 11.6 Å². The molecule has 0 saturated carbocycles. The number of rotatable bonds is 4. The lowest BCUT2D eigenvalue weighted by Gasteiger charge is -2.12. The van der Waals surface area contributed by atoms with Crippen molar-refractivity contribution in [2.24, 2.45) is 5.73 Å². The van der Waals surface area contributed by atoms with Gasteiger partial charge in [-0.15, -0.1) is 0 Å². The van der Waals surface area contributed by atoms with Crippen LogP contribution in [0.4, 0.5) is 4.39 Å². The Morgan fingerprint density at radius 3 is 2.53 bits per heavy atom. The number of hydrogen-bond donors (Lipinski definition) is 1. The van der Waals surface area contributed by atoms with E-state index in [0.29, 0.717) is 24.3 Å². The SMILES string of the molecule is COc1cc(CCN)c(OC)c(F)c1Cl. The molecule has 5 heteroatoms. The molecule has 1 rings (SSSR count). The zero-order valence-corrected chi connectivity index (χ0v) is 9.40. The highest BCUT2D eigenvalue weighted by Gasteiger charge is 2.17. The third kappa shape index (κ3) is 2.33. The first-order valence-electron chi connectivity index (χ1n) is 4.44. The van der Waals surface area contributed by atoms with Gasteiger partial charge in [-0.3, -0.25) is 0 Å². The number of benzene rings is 1. The average molecular weight is 234 g/mol. The van der Waals surface area contributed by atoms with E-state index in [1.54, 1.807) is 6.07 Å². The Hall–Kier alpha value is -1.00. The van der Waals surface area contributed by atoms with Crippen molar-refractivity contribution < 1.29 is 13.9 Å². The van der Waals surface area contributed by atoms with Gasteiger partial charge in [-0.25, -0.2) is 4.39 Å². The molecule has 0 radical (unpaired) electrons. The maximum absolute atomic E-state index is 13.7. The van der Waals surface area contributed by atoms with Gasteiger partial charge < -0.3 is 15.2 Å². The van der Waals surface area contributed by atoms with E-state index in [0.717, 1.165) is 0 Å². The van der Waals surface area contributed by atoms with Crippen LogP contribution < -0.4 is 15.2 Å². The monoisotopic (exact) mass is 233 g/mol. The minimum Gasteiger partial charge on any atom is -0.495 e. The van der Waals surface area contributed by atoms with Crippen LogP contribution in [0.15, 0.2) is 6.07 Å². The van der Waals surface area contributed by atoms with E-state index in [4.69, 9.17) is 26.8 Å². The van der Waals surface area contributed by atoms with Gasteiger partial charge in [0.15, 0.2) is 11.6 Å². The lowest BCUT2D eigenvalue weighted by Crippen LogP contribution is -2.06. The van der Waals surface area contributed by atoms with Crippen LogP contribution in [0.3, 0.4) is 0 Å². The molecule has 0 aromatic heterocycles. The molecule has 2 N–H and O–H groups in total. The third-order valence-corrected chi connectivity index (χ3v) is 2.40. The summed E-state index contributed by atoms with van der Waals surface area (Å²) >= 11 is 5.74. The summed E-state index contributed by atoms with van der Waals surface area (Å²) in [4.78, 5) is 0. The summed E-state index contributed by atoms with van der Waals surface area (Å²) in [5, 5.41) is -0.0740. The van der Waals surface area contributed by atoms with Crippen molar-refractivity contribution in [1.29, 1.82) is 0 Å². The molecule has 0 spiro atoms. The Morgan fingerprint density at radius 1 is 1.40 bits per heavy atom. The lowest BCUT2D eigenvalue weighted by molar-refractivity contribution is 0.372. The van der Waals surface area contributed by atoms with Gasteiger partial charge in [0.05, 0.1) is 14.2 Å². The molecule has 0 bridgehead atoms. The van der Waals surface area contributed by atoms with Crippen LogP contribution >= 0.6 is 11.6 Å². The highest BCUT2D eigenvalue weighted by molar-refractivity contribution is 6.32. The highest BCUT2D eigenvalue weighted by atomic mass is 35.5. The van der Waals surface area contributed by atoms with Crippen LogP contribution in [0, 0.1) is 5.82 Å². The van der Waals surface area contributed by atoms with Gasteiger partial charge in [0, 0.05) is 5.56 Å². The minimum absolute atomic E-state index is 0.0740. The molecule has 0 amide bonds. The van der Waals surface area contributed by atoms with E-state index < -0.39 is 5.82 Å². The molecule has 0 saturated heterocycles. The standard InChI is InChI=1S/C10H13ClFNO2/c1-14-7-5-6(3-4-13)10(15-2)9(12)8(7)11/h5H,3-4,13H2,1-2H3. The van der Waals surface area contributed by atoms with E-state index in [1.165, 1.54) is 14.2 Å². The van der Waals surface area contributed by atoms with Gasteiger partial charge in [-0.05, 0) is 19.0 Å². The zero-order chi connectivity index (χ0) is 11.4. The molecule has 0 heterocycles. The van der Waals surface area contributed by atoms with Crippen LogP contribution in [-0.2, 0) is 6.42 Å². The summed E-state index contributed by atoms with van der Waals surface area (Å²) in [6.45, 7) is 0.403. The second-order valence-electron chi connectivity index (χ2n) is 2.94. The molecule has 0 fully saturated rings. The molecule has 0 aliphatic rings. The van der Waals surface area contributed by atoms with Crippen LogP contribution in [0.5, 0.6) is 11.5 Å². The molecular formula is C10H13ClFNO2. The second kappa shape index (κ2) is 5.19. The lowest BCUT2D eigenvalue weighted by atomic mass is 10.1. The Labute approximate surface area is 92.9 Å². The largest absolute Gasteiger partial charge is 0.495 e. The fraction of sp³-hybridized carbons (Fsp3) is 0.400. The Kier molecular flexibility index (Phi) is 4.17. The second-order valence-corrected chi connectivity index (χ2v) is 3.32. The molecule has 15 heavy (non-hydrogen) atoms. The molecule has 0 unspecified atom stereocenters. The van der Waals surface area contributed by atoms with Crippen molar-refractivity contribution in [3.63, 3.8) is 0 Å². The Morgan fingerprint density at radius 2 is 2.07 bits per heavy atom. The smallest absolute Gasteiger partial charge is 0.187 e. The van der Waals surface area contributed by atoms with E-state index in [2.05, 4.69) is 0 Å². The average Bonchev–Trinajstić information content (AvgIpc) is 2.24. The summed E-state index contributed by atoms with van der Waals surface area (Å²) in [7, 11) is 2.82. The van der Waals surface area contributed by atoms with Crippen LogP contribution in [-0.4, -0.2) is 20.8 Å². The summed E-state index contributed by atoms with van der Waals surface area (Å²) in [6, 6.07) is 1.64. The predicted molar refractivity (Wildman–Crippen MR) is 57.3 cm³/mol. The molecule has 0 atom stereocenters. The number of hydrogen-bond acceptors (Lipinski definition) is 3. The van der Waals surface area contributed by atoms with Crippen LogP contribution in [0.2, 0.25) is 5.02 Å². The van der Waals surface area contributed by atoms with Crippen molar-refractivity contribution in [2.45, 2.75) is 6.42 Å². The minimum atomic E-state index is -0.609. The Balaban J connectivity index is 3.30. The first-order valence-corrected chi connectivity index (χ1v) is 4.82. The topological polar surface area (TPSA) is 44.5 Å². The van der Waals surface area contributed by atoms with Crippen molar-refractivity contribution in [3.8, 4) is 11.5 Å². The molecule has 0 aliphatic carbocycles.